The second-order valence-electron chi connectivity index (χ2n) is 5.24. The van der Waals surface area contributed by atoms with E-state index < -0.39 is 0 Å². The molecule has 2 heteroatoms. The van der Waals surface area contributed by atoms with Gasteiger partial charge in [0.2, 0.25) is 0 Å². The van der Waals surface area contributed by atoms with Gasteiger partial charge in [0.05, 0.1) is 0 Å². The number of hydrogen-bond donors (Lipinski definition) is 2. The summed E-state index contributed by atoms with van der Waals surface area (Å²) in [5.74, 6) is 0.893. The Morgan fingerprint density at radius 2 is 2.14 bits per heavy atom. The van der Waals surface area contributed by atoms with E-state index in [2.05, 4.69) is 12.2 Å². The SMILES string of the molecule is CCC1CCCC1NCC1(CO)CC1. The van der Waals surface area contributed by atoms with E-state index in [9.17, 15) is 5.11 Å². The van der Waals surface area contributed by atoms with E-state index in [1.165, 1.54) is 38.5 Å². The number of hydrogen-bond acceptors (Lipinski definition) is 2. The van der Waals surface area contributed by atoms with Crippen molar-refractivity contribution < 1.29 is 5.11 Å². The van der Waals surface area contributed by atoms with Gasteiger partial charge in [-0.3, -0.25) is 0 Å². The van der Waals surface area contributed by atoms with Crippen LogP contribution >= 0.6 is 0 Å². The fourth-order valence-corrected chi connectivity index (χ4v) is 2.71. The first-order chi connectivity index (χ1) is 6.79. The van der Waals surface area contributed by atoms with Crippen molar-refractivity contribution >= 4 is 0 Å². The average Bonchev–Trinajstić information content (AvgIpc) is 2.86. The fraction of sp³-hybridized carbons (Fsp3) is 1.00. The van der Waals surface area contributed by atoms with Crippen LogP contribution in [-0.2, 0) is 0 Å². The Bertz CT molecular complexity index is 189. The van der Waals surface area contributed by atoms with Gasteiger partial charge >= 0.3 is 0 Å². The molecule has 2 unspecified atom stereocenters. The molecule has 0 spiro atoms. The zero-order valence-electron chi connectivity index (χ0n) is 9.26. The van der Waals surface area contributed by atoms with Crippen LogP contribution in [0.2, 0.25) is 0 Å². The lowest BCUT2D eigenvalue weighted by Crippen LogP contribution is -2.37. The van der Waals surface area contributed by atoms with E-state index in [1.807, 2.05) is 0 Å². The Kier molecular flexibility index (Phi) is 3.13. The van der Waals surface area contributed by atoms with Gasteiger partial charge in [-0.15, -0.1) is 0 Å². The van der Waals surface area contributed by atoms with Crippen molar-refractivity contribution in [2.75, 3.05) is 13.2 Å². The summed E-state index contributed by atoms with van der Waals surface area (Å²) >= 11 is 0. The lowest BCUT2D eigenvalue weighted by atomic mass is 9.99. The summed E-state index contributed by atoms with van der Waals surface area (Å²) in [5, 5.41) is 12.9. The molecule has 2 saturated carbocycles. The second kappa shape index (κ2) is 4.19. The quantitative estimate of drug-likeness (QED) is 0.706. The van der Waals surface area contributed by atoms with Crippen molar-refractivity contribution in [3.05, 3.63) is 0 Å². The van der Waals surface area contributed by atoms with Crippen LogP contribution in [0.15, 0.2) is 0 Å². The van der Waals surface area contributed by atoms with Gasteiger partial charge in [0.15, 0.2) is 0 Å². The smallest absolute Gasteiger partial charge is 0.0499 e. The van der Waals surface area contributed by atoms with Gasteiger partial charge in [-0.25, -0.2) is 0 Å². The summed E-state index contributed by atoms with van der Waals surface area (Å²) in [5.41, 5.74) is 0.279. The average molecular weight is 197 g/mol. The lowest BCUT2D eigenvalue weighted by Gasteiger charge is -2.22. The summed E-state index contributed by atoms with van der Waals surface area (Å²) in [4.78, 5) is 0. The molecular weight excluding hydrogens is 174 g/mol. The van der Waals surface area contributed by atoms with Gasteiger partial charge < -0.3 is 10.4 Å². The third-order valence-corrected chi connectivity index (χ3v) is 4.22. The summed E-state index contributed by atoms with van der Waals surface area (Å²) in [7, 11) is 0. The van der Waals surface area contributed by atoms with Crippen molar-refractivity contribution in [3.8, 4) is 0 Å². The molecule has 14 heavy (non-hydrogen) atoms. The van der Waals surface area contributed by atoms with Crippen LogP contribution in [0.3, 0.4) is 0 Å². The third kappa shape index (κ3) is 2.12. The molecule has 2 fully saturated rings. The van der Waals surface area contributed by atoms with Gasteiger partial charge in [0.1, 0.15) is 0 Å². The van der Waals surface area contributed by atoms with Gasteiger partial charge in [-0.1, -0.05) is 19.8 Å². The molecule has 2 nitrogen and oxygen atoms in total. The summed E-state index contributed by atoms with van der Waals surface area (Å²) < 4.78 is 0. The summed E-state index contributed by atoms with van der Waals surface area (Å²) in [6.45, 7) is 3.72. The van der Waals surface area contributed by atoms with E-state index in [0.717, 1.165) is 18.5 Å². The number of rotatable bonds is 5. The van der Waals surface area contributed by atoms with E-state index in [-0.39, 0.29) is 5.41 Å². The Morgan fingerprint density at radius 3 is 2.71 bits per heavy atom. The zero-order valence-corrected chi connectivity index (χ0v) is 9.26. The zero-order chi connectivity index (χ0) is 10.0. The molecule has 0 bridgehead atoms. The predicted molar refractivity (Wildman–Crippen MR) is 58.2 cm³/mol. The maximum Gasteiger partial charge on any atom is 0.0499 e. The predicted octanol–water partition coefficient (Wildman–Crippen LogP) is 1.93. The van der Waals surface area contributed by atoms with Crippen LogP contribution in [0.25, 0.3) is 0 Å². The molecule has 2 atom stereocenters. The largest absolute Gasteiger partial charge is 0.396 e. The Labute approximate surface area is 87.1 Å². The molecule has 2 aliphatic carbocycles. The normalized spacial score (nSPS) is 34.7. The van der Waals surface area contributed by atoms with Crippen LogP contribution < -0.4 is 5.32 Å². The molecule has 0 aliphatic heterocycles. The van der Waals surface area contributed by atoms with Crippen LogP contribution in [0, 0.1) is 11.3 Å². The van der Waals surface area contributed by atoms with Crippen molar-refractivity contribution in [1.29, 1.82) is 0 Å². The molecule has 0 heterocycles. The molecule has 0 aromatic rings. The van der Waals surface area contributed by atoms with Crippen molar-refractivity contribution in [2.24, 2.45) is 11.3 Å². The van der Waals surface area contributed by atoms with E-state index in [1.54, 1.807) is 0 Å². The van der Waals surface area contributed by atoms with Gasteiger partial charge in [0, 0.05) is 24.6 Å². The maximum atomic E-state index is 9.21. The van der Waals surface area contributed by atoms with Crippen molar-refractivity contribution in [1.82, 2.24) is 5.32 Å². The third-order valence-electron chi connectivity index (χ3n) is 4.22. The van der Waals surface area contributed by atoms with Gasteiger partial charge in [-0.05, 0) is 31.6 Å². The minimum Gasteiger partial charge on any atom is -0.396 e. The van der Waals surface area contributed by atoms with E-state index in [0.29, 0.717) is 6.61 Å². The summed E-state index contributed by atoms with van der Waals surface area (Å²) in [6.07, 6.45) is 7.90. The molecule has 0 radical (unpaired) electrons. The molecule has 2 rings (SSSR count). The topological polar surface area (TPSA) is 32.3 Å². The fourth-order valence-electron chi connectivity index (χ4n) is 2.71. The van der Waals surface area contributed by atoms with Crippen LogP contribution in [0.1, 0.15) is 45.4 Å². The molecule has 2 N–H and O–H groups in total. The van der Waals surface area contributed by atoms with Crippen LogP contribution in [0.5, 0.6) is 0 Å². The molecule has 0 saturated heterocycles. The number of nitrogens with one attached hydrogen (secondary N) is 1. The number of aliphatic hydroxyl groups excluding tert-OH is 1. The first kappa shape index (κ1) is 10.4. The van der Waals surface area contributed by atoms with Gasteiger partial charge in [0.25, 0.3) is 0 Å². The highest BCUT2D eigenvalue weighted by Gasteiger charge is 2.42. The standard InChI is InChI=1S/C12H23NO/c1-2-10-4-3-5-11(10)13-8-12(9-14)6-7-12/h10-11,13-14H,2-9H2,1H3. The highest BCUT2D eigenvalue weighted by Crippen LogP contribution is 2.44. The second-order valence-corrected chi connectivity index (χ2v) is 5.24. The van der Waals surface area contributed by atoms with Crippen molar-refractivity contribution in [3.63, 3.8) is 0 Å². The van der Waals surface area contributed by atoms with E-state index in [4.69, 9.17) is 0 Å². The minimum absolute atomic E-state index is 0.279. The molecule has 2 aliphatic rings. The van der Waals surface area contributed by atoms with Crippen molar-refractivity contribution in [2.45, 2.75) is 51.5 Å². The van der Waals surface area contributed by atoms with Crippen LogP contribution in [-0.4, -0.2) is 24.3 Å². The Hall–Kier alpha value is -0.0800. The van der Waals surface area contributed by atoms with Gasteiger partial charge in [-0.2, -0.15) is 0 Å². The Morgan fingerprint density at radius 1 is 1.36 bits per heavy atom. The molecule has 0 aromatic carbocycles. The maximum absolute atomic E-state index is 9.21. The van der Waals surface area contributed by atoms with Crippen LogP contribution in [0.4, 0.5) is 0 Å². The highest BCUT2D eigenvalue weighted by molar-refractivity contribution is 4.96. The highest BCUT2D eigenvalue weighted by atomic mass is 16.3. The Balaban J connectivity index is 1.74. The summed E-state index contributed by atoms with van der Waals surface area (Å²) in [6, 6.07) is 0.740. The monoisotopic (exact) mass is 197 g/mol. The lowest BCUT2D eigenvalue weighted by molar-refractivity contribution is 0.200. The molecule has 0 aromatic heterocycles. The number of aliphatic hydroxyl groups is 1. The first-order valence-electron chi connectivity index (χ1n) is 6.14. The first-order valence-corrected chi connectivity index (χ1v) is 6.14. The van der Waals surface area contributed by atoms with E-state index >= 15 is 0 Å². The molecule has 0 amide bonds. The molecular formula is C12H23NO. The molecule has 82 valence electrons. The minimum atomic E-state index is 0.279.